The lowest BCUT2D eigenvalue weighted by Crippen LogP contribution is -2.50. The number of benzene rings is 1. The summed E-state index contributed by atoms with van der Waals surface area (Å²) in [4.78, 5) is 25.1. The molecule has 3 N–H and O–H groups in total. The van der Waals surface area contributed by atoms with Gasteiger partial charge in [0.2, 0.25) is 10.0 Å². The number of carbonyl (C=O) groups is 2. The summed E-state index contributed by atoms with van der Waals surface area (Å²) in [6.45, 7) is 3.81. The number of piperazine rings is 1. The molecule has 0 saturated carbocycles. The number of carbonyl (C=O) groups excluding carboxylic acids is 2. The molecular weight excluding hydrogens is 464 g/mol. The number of ether oxygens (including phenoxy) is 2. The summed E-state index contributed by atoms with van der Waals surface area (Å²) in [6.07, 6.45) is 0.599. The van der Waals surface area contributed by atoms with Gasteiger partial charge in [-0.25, -0.2) is 13.2 Å². The zero-order valence-corrected chi connectivity index (χ0v) is 20.0. The van der Waals surface area contributed by atoms with Gasteiger partial charge in [0, 0.05) is 46.0 Å². The van der Waals surface area contributed by atoms with E-state index in [1.165, 1.54) is 21.1 Å². The molecule has 186 valence electrons. The van der Waals surface area contributed by atoms with Crippen molar-refractivity contribution in [2.75, 3.05) is 45.9 Å². The van der Waals surface area contributed by atoms with Crippen LogP contribution in [-0.2, 0) is 21.8 Å². The van der Waals surface area contributed by atoms with Gasteiger partial charge < -0.3 is 24.9 Å². The Morgan fingerprint density at radius 2 is 1.79 bits per heavy atom. The number of sulfonamides is 1. The molecule has 0 radical (unpaired) electrons. The molecule has 0 bridgehead atoms. The Hall–Kier alpha value is -2.93. The van der Waals surface area contributed by atoms with E-state index in [-0.39, 0.29) is 30.3 Å². The Morgan fingerprint density at radius 1 is 1.15 bits per heavy atom. The number of esters is 1. The van der Waals surface area contributed by atoms with Crippen molar-refractivity contribution in [1.82, 2.24) is 13.8 Å². The molecule has 1 aliphatic rings. The molecule has 12 heteroatoms. The number of rotatable bonds is 10. The smallest absolute Gasteiger partial charge is 0.338 e. The Kier molecular flexibility index (Phi) is 8.31. The zero-order valence-electron chi connectivity index (χ0n) is 19.2. The summed E-state index contributed by atoms with van der Waals surface area (Å²) in [6, 6.07) is 7.74. The SMILES string of the molecule is CCOC(=O)c1ccc(OC[C@H](O)CN2CCN(S(=O)(=O)c3cc(C(N)=O)n(C)c3)CC2)cc1. The van der Waals surface area contributed by atoms with E-state index in [1.807, 2.05) is 4.90 Å². The molecule has 1 aliphatic heterocycles. The molecule has 2 aromatic rings. The number of aromatic nitrogens is 1. The normalized spacial score (nSPS) is 16.2. The minimum atomic E-state index is -3.75. The summed E-state index contributed by atoms with van der Waals surface area (Å²) >= 11 is 0. The van der Waals surface area contributed by atoms with Crippen LogP contribution in [0.3, 0.4) is 0 Å². The van der Waals surface area contributed by atoms with Crippen molar-refractivity contribution in [1.29, 1.82) is 0 Å². The maximum atomic E-state index is 12.9. The fourth-order valence-corrected chi connectivity index (χ4v) is 5.16. The van der Waals surface area contributed by atoms with E-state index in [2.05, 4.69) is 0 Å². The predicted molar refractivity (Wildman–Crippen MR) is 123 cm³/mol. The van der Waals surface area contributed by atoms with Crippen LogP contribution in [0.15, 0.2) is 41.4 Å². The first-order valence-electron chi connectivity index (χ1n) is 10.9. The molecular formula is C22H30N4O7S. The number of primary amides is 1. The summed E-state index contributed by atoms with van der Waals surface area (Å²) in [5.41, 5.74) is 5.82. The van der Waals surface area contributed by atoms with Crippen LogP contribution in [-0.4, -0.2) is 91.2 Å². The topological polar surface area (TPSA) is 144 Å². The van der Waals surface area contributed by atoms with Gasteiger partial charge in [-0.15, -0.1) is 0 Å². The van der Waals surface area contributed by atoms with Gasteiger partial charge in [-0.1, -0.05) is 0 Å². The number of nitrogens with two attached hydrogens (primary N) is 1. The average molecular weight is 495 g/mol. The van der Waals surface area contributed by atoms with E-state index in [9.17, 15) is 23.1 Å². The van der Waals surface area contributed by atoms with Crippen LogP contribution in [0.2, 0.25) is 0 Å². The van der Waals surface area contributed by atoms with Crippen molar-refractivity contribution in [2.45, 2.75) is 17.9 Å². The second-order valence-electron chi connectivity index (χ2n) is 7.95. The van der Waals surface area contributed by atoms with Crippen molar-refractivity contribution in [3.05, 3.63) is 47.8 Å². The number of hydrogen-bond acceptors (Lipinski definition) is 8. The third kappa shape index (κ3) is 6.14. The first kappa shape index (κ1) is 25.7. The number of aliphatic hydroxyl groups excluding tert-OH is 1. The molecule has 0 spiro atoms. The van der Waals surface area contributed by atoms with Crippen molar-refractivity contribution < 1.29 is 32.6 Å². The van der Waals surface area contributed by atoms with Gasteiger partial charge in [-0.05, 0) is 37.3 Å². The predicted octanol–water partition coefficient (Wildman–Crippen LogP) is 0.0469. The quantitative estimate of drug-likeness (QED) is 0.441. The monoisotopic (exact) mass is 494 g/mol. The van der Waals surface area contributed by atoms with E-state index in [0.29, 0.717) is 37.6 Å². The van der Waals surface area contributed by atoms with E-state index in [1.54, 1.807) is 38.2 Å². The summed E-state index contributed by atoms with van der Waals surface area (Å²) in [7, 11) is -2.19. The molecule has 1 fully saturated rings. The van der Waals surface area contributed by atoms with Crippen LogP contribution in [0.25, 0.3) is 0 Å². The number of nitrogens with zero attached hydrogens (tertiary/aromatic N) is 3. The van der Waals surface area contributed by atoms with Crippen molar-refractivity contribution in [2.24, 2.45) is 12.8 Å². The molecule has 1 amide bonds. The van der Waals surface area contributed by atoms with Crippen LogP contribution in [0.5, 0.6) is 5.75 Å². The van der Waals surface area contributed by atoms with Gasteiger partial charge in [0.15, 0.2) is 0 Å². The van der Waals surface area contributed by atoms with Crippen molar-refractivity contribution in [3.8, 4) is 5.75 Å². The van der Waals surface area contributed by atoms with E-state index in [4.69, 9.17) is 15.2 Å². The summed E-state index contributed by atoms with van der Waals surface area (Å²) in [5.74, 6) is -0.586. The van der Waals surface area contributed by atoms with Crippen LogP contribution in [0, 0.1) is 0 Å². The molecule has 1 saturated heterocycles. The van der Waals surface area contributed by atoms with Crippen LogP contribution < -0.4 is 10.5 Å². The molecule has 3 rings (SSSR count). The molecule has 11 nitrogen and oxygen atoms in total. The number of aryl methyl sites for hydroxylation is 1. The fourth-order valence-electron chi connectivity index (χ4n) is 3.67. The highest BCUT2D eigenvalue weighted by Crippen LogP contribution is 2.20. The number of β-amino-alcohol motifs (C(OH)–C–C–N with tert-alkyl or cyclic N) is 1. The van der Waals surface area contributed by atoms with Crippen molar-refractivity contribution >= 4 is 21.9 Å². The minimum Gasteiger partial charge on any atom is -0.491 e. The third-order valence-corrected chi connectivity index (χ3v) is 7.34. The fraction of sp³-hybridized carbons (Fsp3) is 0.455. The minimum absolute atomic E-state index is 0.0275. The average Bonchev–Trinajstić information content (AvgIpc) is 3.21. The zero-order chi connectivity index (χ0) is 24.9. The molecule has 2 heterocycles. The van der Waals surface area contributed by atoms with Gasteiger partial charge in [0.25, 0.3) is 5.91 Å². The second kappa shape index (κ2) is 11.0. The highest BCUT2D eigenvalue weighted by atomic mass is 32.2. The number of hydrogen-bond donors (Lipinski definition) is 2. The molecule has 0 unspecified atom stereocenters. The van der Waals surface area contributed by atoms with Gasteiger partial charge in [-0.3, -0.25) is 9.69 Å². The lowest BCUT2D eigenvalue weighted by atomic mass is 10.2. The summed E-state index contributed by atoms with van der Waals surface area (Å²) in [5, 5.41) is 10.3. The second-order valence-corrected chi connectivity index (χ2v) is 9.89. The van der Waals surface area contributed by atoms with E-state index in [0.717, 1.165) is 0 Å². The lowest BCUT2D eigenvalue weighted by Gasteiger charge is -2.34. The van der Waals surface area contributed by atoms with E-state index < -0.39 is 28.0 Å². The van der Waals surface area contributed by atoms with Gasteiger partial charge >= 0.3 is 5.97 Å². The number of amides is 1. The maximum absolute atomic E-state index is 12.9. The molecule has 1 aromatic carbocycles. The van der Waals surface area contributed by atoms with Crippen molar-refractivity contribution in [3.63, 3.8) is 0 Å². The maximum Gasteiger partial charge on any atom is 0.338 e. The third-order valence-electron chi connectivity index (χ3n) is 5.48. The molecule has 0 aliphatic carbocycles. The molecule has 34 heavy (non-hydrogen) atoms. The van der Waals surface area contributed by atoms with Gasteiger partial charge in [0.05, 0.1) is 12.2 Å². The first-order chi connectivity index (χ1) is 16.1. The van der Waals surface area contributed by atoms with Crippen LogP contribution in [0.1, 0.15) is 27.8 Å². The highest BCUT2D eigenvalue weighted by Gasteiger charge is 2.30. The van der Waals surface area contributed by atoms with Crippen LogP contribution >= 0.6 is 0 Å². The summed E-state index contributed by atoms with van der Waals surface area (Å²) < 4.78 is 39.1. The molecule has 1 atom stereocenters. The Balaban J connectivity index is 1.47. The van der Waals surface area contributed by atoms with Gasteiger partial charge in [-0.2, -0.15) is 4.31 Å². The van der Waals surface area contributed by atoms with Crippen LogP contribution in [0.4, 0.5) is 0 Å². The van der Waals surface area contributed by atoms with Gasteiger partial charge in [0.1, 0.15) is 29.0 Å². The molecule has 1 aromatic heterocycles. The first-order valence-corrected chi connectivity index (χ1v) is 12.3. The number of aliphatic hydroxyl groups is 1. The Bertz CT molecular complexity index is 1110. The Labute approximate surface area is 198 Å². The lowest BCUT2D eigenvalue weighted by molar-refractivity contribution is 0.0523. The highest BCUT2D eigenvalue weighted by molar-refractivity contribution is 7.89. The largest absolute Gasteiger partial charge is 0.491 e. The van der Waals surface area contributed by atoms with E-state index >= 15 is 0 Å². The Morgan fingerprint density at radius 3 is 2.35 bits per heavy atom. The standard InChI is InChI=1S/C22H30N4O7S/c1-3-32-22(29)16-4-6-18(7-5-16)33-15-17(27)13-25-8-10-26(11-9-25)34(30,31)19-12-20(21(23)28)24(2)14-19/h4-7,12,14,17,27H,3,8-11,13,15H2,1-2H3,(H2,23,28)/t17-/m1/s1.